The van der Waals surface area contributed by atoms with Crippen LogP contribution in [0.5, 0.6) is 11.5 Å². The van der Waals surface area contributed by atoms with Crippen molar-refractivity contribution >= 4 is 5.97 Å². The molecule has 2 atom stereocenters. The average Bonchev–Trinajstić information content (AvgIpc) is 2.65. The molecule has 0 saturated carbocycles. The van der Waals surface area contributed by atoms with Gasteiger partial charge in [0.25, 0.3) is 0 Å². The predicted molar refractivity (Wildman–Crippen MR) is 122 cm³/mol. The lowest BCUT2D eigenvalue weighted by molar-refractivity contribution is -0.151. The van der Waals surface area contributed by atoms with Crippen LogP contribution in [0.15, 0.2) is 12.1 Å². The van der Waals surface area contributed by atoms with Crippen molar-refractivity contribution in [1.29, 1.82) is 0 Å². The molecule has 2 rings (SSSR count). The first-order valence-corrected chi connectivity index (χ1v) is 11.0. The molecule has 0 radical (unpaired) electrons. The standard InChI is InChI=1S/C17H26O2.C6H12O2.C2H6/c1-5-6-7-13-11-15-14(10-12(13)2)8-9-16(18-3)17(15)19-4;1-5(7)8-6(2,3)4;1-2/h8-9,12-13H,5-7,10-11H2,1-4H3;1-4H3;1-2H3/t12-,13-;;/m1../s1. The van der Waals surface area contributed by atoms with Gasteiger partial charge in [-0.25, -0.2) is 0 Å². The fraction of sp³-hybridized carbons (Fsp3) is 0.720. The molecule has 0 spiro atoms. The lowest BCUT2D eigenvalue weighted by Crippen LogP contribution is -2.24. The number of ether oxygens (including phenoxy) is 3. The van der Waals surface area contributed by atoms with Crippen molar-refractivity contribution in [2.75, 3.05) is 14.2 Å². The van der Waals surface area contributed by atoms with E-state index in [1.807, 2.05) is 40.7 Å². The third kappa shape index (κ3) is 9.56. The second kappa shape index (κ2) is 13.5. The normalized spacial score (nSPS) is 17.6. The topological polar surface area (TPSA) is 44.8 Å². The van der Waals surface area contributed by atoms with Gasteiger partial charge in [0.05, 0.1) is 14.2 Å². The molecule has 1 aliphatic rings. The van der Waals surface area contributed by atoms with E-state index >= 15 is 0 Å². The minimum Gasteiger partial charge on any atom is -0.493 e. The summed E-state index contributed by atoms with van der Waals surface area (Å²) in [6, 6.07) is 4.25. The molecule has 0 unspecified atom stereocenters. The number of carbonyl (C=O) groups is 1. The second-order valence-corrected chi connectivity index (χ2v) is 8.43. The minimum atomic E-state index is -0.328. The van der Waals surface area contributed by atoms with E-state index in [0.29, 0.717) is 0 Å². The van der Waals surface area contributed by atoms with E-state index in [-0.39, 0.29) is 11.6 Å². The van der Waals surface area contributed by atoms with Gasteiger partial charge in [0.15, 0.2) is 11.5 Å². The summed E-state index contributed by atoms with van der Waals surface area (Å²) in [7, 11) is 3.46. The van der Waals surface area contributed by atoms with Gasteiger partial charge in [0.2, 0.25) is 0 Å². The van der Waals surface area contributed by atoms with Gasteiger partial charge in [0.1, 0.15) is 5.60 Å². The SMILES string of the molecule is CC.CC(=O)OC(C)(C)C.CCCC[C@@H]1Cc2c(ccc(OC)c2OC)C[C@H]1C. The minimum absolute atomic E-state index is 0.225. The number of rotatable bonds is 5. The van der Waals surface area contributed by atoms with Gasteiger partial charge < -0.3 is 14.2 Å². The first-order chi connectivity index (χ1) is 13.6. The lowest BCUT2D eigenvalue weighted by atomic mass is 9.74. The Kier molecular flexibility index (Phi) is 12.7. The molecule has 4 heteroatoms. The first kappa shape index (κ1) is 27.3. The molecule has 29 heavy (non-hydrogen) atoms. The van der Waals surface area contributed by atoms with Crippen LogP contribution in [-0.2, 0) is 22.4 Å². The molecule has 0 N–H and O–H groups in total. The quantitative estimate of drug-likeness (QED) is 0.514. The fourth-order valence-electron chi connectivity index (χ4n) is 3.71. The van der Waals surface area contributed by atoms with Crippen LogP contribution in [0.1, 0.15) is 85.8 Å². The summed E-state index contributed by atoms with van der Waals surface area (Å²) in [5, 5.41) is 0. The molecule has 1 aliphatic carbocycles. The molecule has 0 amide bonds. The Bertz CT molecular complexity index is 602. The van der Waals surface area contributed by atoms with E-state index in [1.165, 1.54) is 43.7 Å². The molecule has 4 nitrogen and oxygen atoms in total. The van der Waals surface area contributed by atoms with Crippen molar-refractivity contribution in [3.63, 3.8) is 0 Å². The van der Waals surface area contributed by atoms with Gasteiger partial charge in [-0.2, -0.15) is 0 Å². The maximum Gasteiger partial charge on any atom is 0.303 e. The van der Waals surface area contributed by atoms with Gasteiger partial charge in [-0.3, -0.25) is 4.79 Å². The molecule has 0 aliphatic heterocycles. The zero-order valence-electron chi connectivity index (χ0n) is 20.5. The summed E-state index contributed by atoms with van der Waals surface area (Å²) in [5.74, 6) is 3.15. The van der Waals surface area contributed by atoms with Gasteiger partial charge in [-0.15, -0.1) is 0 Å². The summed E-state index contributed by atoms with van der Waals surface area (Å²) >= 11 is 0. The van der Waals surface area contributed by atoms with Crippen LogP contribution in [0.2, 0.25) is 0 Å². The molecule has 168 valence electrons. The largest absolute Gasteiger partial charge is 0.493 e. The van der Waals surface area contributed by atoms with E-state index in [1.54, 1.807) is 14.2 Å². The van der Waals surface area contributed by atoms with E-state index in [2.05, 4.69) is 19.9 Å². The molecule has 0 heterocycles. The number of carbonyl (C=O) groups excluding carboxylic acids is 1. The average molecular weight is 409 g/mol. The van der Waals surface area contributed by atoms with Crippen LogP contribution < -0.4 is 9.47 Å². The molecule has 0 fully saturated rings. The van der Waals surface area contributed by atoms with Gasteiger partial charge >= 0.3 is 5.97 Å². The smallest absolute Gasteiger partial charge is 0.303 e. The Labute approximate surface area is 179 Å². The molecule has 1 aromatic carbocycles. The zero-order chi connectivity index (χ0) is 22.6. The monoisotopic (exact) mass is 408 g/mol. The van der Waals surface area contributed by atoms with E-state index < -0.39 is 0 Å². The maximum atomic E-state index is 10.2. The summed E-state index contributed by atoms with van der Waals surface area (Å²) in [6.45, 7) is 15.6. The number of hydrogen-bond donors (Lipinski definition) is 0. The molecule has 1 aromatic rings. The highest BCUT2D eigenvalue weighted by atomic mass is 16.6. The Morgan fingerprint density at radius 3 is 2.14 bits per heavy atom. The summed E-state index contributed by atoms with van der Waals surface area (Å²) in [4.78, 5) is 10.2. The Hall–Kier alpha value is -1.71. The summed E-state index contributed by atoms with van der Waals surface area (Å²) in [5.41, 5.74) is 2.49. The van der Waals surface area contributed by atoms with E-state index in [9.17, 15) is 4.79 Å². The van der Waals surface area contributed by atoms with E-state index in [0.717, 1.165) is 29.8 Å². The van der Waals surface area contributed by atoms with Gasteiger partial charge in [-0.05, 0) is 63.5 Å². The Morgan fingerprint density at radius 2 is 1.72 bits per heavy atom. The molecular formula is C25H44O4. The van der Waals surface area contributed by atoms with Gasteiger partial charge in [0, 0.05) is 12.5 Å². The molecule has 0 saturated heterocycles. The van der Waals surface area contributed by atoms with Crippen LogP contribution in [-0.4, -0.2) is 25.8 Å². The Morgan fingerprint density at radius 1 is 1.10 bits per heavy atom. The fourth-order valence-corrected chi connectivity index (χ4v) is 3.71. The van der Waals surface area contributed by atoms with Crippen LogP contribution in [0, 0.1) is 11.8 Å². The highest BCUT2D eigenvalue weighted by Gasteiger charge is 2.28. The number of fused-ring (bicyclic) bond motifs is 1. The van der Waals surface area contributed by atoms with Crippen LogP contribution in [0.4, 0.5) is 0 Å². The highest BCUT2D eigenvalue weighted by Crippen LogP contribution is 2.41. The van der Waals surface area contributed by atoms with Gasteiger partial charge in [-0.1, -0.05) is 46.6 Å². The van der Waals surface area contributed by atoms with Crippen molar-refractivity contribution in [2.45, 2.75) is 93.1 Å². The predicted octanol–water partition coefficient (Wildman–Crippen LogP) is 6.62. The number of hydrogen-bond acceptors (Lipinski definition) is 4. The van der Waals surface area contributed by atoms with Crippen molar-refractivity contribution < 1.29 is 19.0 Å². The van der Waals surface area contributed by atoms with E-state index in [4.69, 9.17) is 14.2 Å². The number of methoxy groups -OCH3 is 2. The molecule has 0 aromatic heterocycles. The second-order valence-electron chi connectivity index (χ2n) is 8.43. The molecular weight excluding hydrogens is 364 g/mol. The highest BCUT2D eigenvalue weighted by molar-refractivity contribution is 5.66. The lowest BCUT2D eigenvalue weighted by Gasteiger charge is -2.32. The zero-order valence-corrected chi connectivity index (χ0v) is 20.5. The first-order valence-electron chi connectivity index (χ1n) is 11.0. The van der Waals surface area contributed by atoms with Crippen molar-refractivity contribution in [3.05, 3.63) is 23.3 Å². The number of esters is 1. The number of benzene rings is 1. The number of unbranched alkanes of at least 4 members (excludes halogenated alkanes) is 1. The van der Waals surface area contributed by atoms with Crippen LogP contribution in [0.25, 0.3) is 0 Å². The Balaban J connectivity index is 0.000000664. The third-order valence-corrected chi connectivity index (χ3v) is 4.94. The third-order valence-electron chi connectivity index (χ3n) is 4.94. The summed E-state index contributed by atoms with van der Waals surface area (Å²) in [6.07, 6.45) is 6.25. The van der Waals surface area contributed by atoms with Crippen molar-refractivity contribution in [2.24, 2.45) is 11.8 Å². The summed E-state index contributed by atoms with van der Waals surface area (Å²) < 4.78 is 15.8. The van der Waals surface area contributed by atoms with Crippen LogP contribution >= 0.6 is 0 Å². The van der Waals surface area contributed by atoms with Crippen molar-refractivity contribution in [1.82, 2.24) is 0 Å². The molecule has 0 bridgehead atoms. The maximum absolute atomic E-state index is 10.2. The van der Waals surface area contributed by atoms with Crippen molar-refractivity contribution in [3.8, 4) is 11.5 Å². The van der Waals surface area contributed by atoms with Crippen LogP contribution in [0.3, 0.4) is 0 Å².